The molecule has 14 heteroatoms. The van der Waals surface area contributed by atoms with E-state index >= 15 is 0 Å². The van der Waals surface area contributed by atoms with Crippen LogP contribution in [0.1, 0.15) is 27.7 Å². The largest absolute Gasteiger partial charge is 0.463 e. The summed E-state index contributed by atoms with van der Waals surface area (Å²) in [6, 6.07) is 7.39. The third-order valence-corrected chi connectivity index (χ3v) is 7.12. The van der Waals surface area contributed by atoms with E-state index in [0.29, 0.717) is 48.2 Å². The standard InChI is InChI=1S/C26H31N3O10S/c1-14(30)35-13-20-21(36-15(2)31)22(37-16(3)32)23(38-17(4)33)26(39-20)40-25-24(29-9-11-34-12-10-29)27-18-7-5-6-8-19(18)28-25/h5-8,20-23,26H,9-13H2,1-4H3/t20-,21+,22+,23-,26+/m1/s1. The Morgan fingerprint density at radius 1 is 0.850 bits per heavy atom. The maximum atomic E-state index is 12.2. The van der Waals surface area contributed by atoms with Crippen LogP contribution in [0.15, 0.2) is 29.3 Å². The molecule has 13 nitrogen and oxygen atoms in total. The molecule has 4 rings (SSSR count). The SMILES string of the molecule is CC(=O)OC[C@H]1O[C@@H](Sc2nc3ccccc3nc2N2CCOCC2)[C@H](OC(C)=O)[C@@H](OC(C)=O)[C@H]1OC(C)=O. The molecule has 0 saturated carbocycles. The number of carbonyl (C=O) groups excluding carboxylic acids is 4. The van der Waals surface area contributed by atoms with Crippen molar-refractivity contribution < 1.29 is 47.6 Å². The number of anilines is 1. The summed E-state index contributed by atoms with van der Waals surface area (Å²) >= 11 is 1.11. The smallest absolute Gasteiger partial charge is 0.303 e. The fraction of sp³-hybridized carbons (Fsp3) is 0.538. The second-order valence-electron chi connectivity index (χ2n) is 9.13. The zero-order chi connectivity index (χ0) is 28.8. The molecule has 216 valence electrons. The summed E-state index contributed by atoms with van der Waals surface area (Å²) in [6.45, 7) is 6.66. The van der Waals surface area contributed by atoms with Gasteiger partial charge in [0.25, 0.3) is 0 Å². The second kappa shape index (κ2) is 13.2. The fourth-order valence-corrected chi connectivity index (χ4v) is 5.62. The zero-order valence-corrected chi connectivity index (χ0v) is 23.4. The Balaban J connectivity index is 1.77. The van der Waals surface area contributed by atoms with E-state index in [-0.39, 0.29) is 6.61 Å². The van der Waals surface area contributed by atoms with Crippen molar-refractivity contribution >= 4 is 52.5 Å². The Hall–Kier alpha value is -3.49. The van der Waals surface area contributed by atoms with Crippen LogP contribution in [0.4, 0.5) is 5.82 Å². The summed E-state index contributed by atoms with van der Waals surface area (Å²) in [7, 11) is 0. The van der Waals surface area contributed by atoms with Gasteiger partial charge in [-0.25, -0.2) is 9.97 Å². The van der Waals surface area contributed by atoms with Gasteiger partial charge in [-0.05, 0) is 12.1 Å². The average molecular weight is 578 g/mol. The van der Waals surface area contributed by atoms with Gasteiger partial charge in [0.05, 0.1) is 24.2 Å². The number of thioether (sulfide) groups is 1. The van der Waals surface area contributed by atoms with Crippen LogP contribution in [0.25, 0.3) is 11.0 Å². The average Bonchev–Trinajstić information content (AvgIpc) is 2.90. The predicted molar refractivity (Wildman–Crippen MR) is 140 cm³/mol. The highest BCUT2D eigenvalue weighted by atomic mass is 32.2. The van der Waals surface area contributed by atoms with E-state index in [1.165, 1.54) is 27.7 Å². The molecule has 1 aromatic heterocycles. The van der Waals surface area contributed by atoms with Crippen LogP contribution in [0.2, 0.25) is 0 Å². The van der Waals surface area contributed by atoms with Crippen LogP contribution in [0.5, 0.6) is 0 Å². The van der Waals surface area contributed by atoms with Crippen molar-refractivity contribution in [2.45, 2.75) is 62.6 Å². The molecule has 0 N–H and O–H groups in total. The Bertz CT molecular complexity index is 1250. The van der Waals surface area contributed by atoms with Crippen molar-refractivity contribution in [3.8, 4) is 0 Å². The molecule has 0 aliphatic carbocycles. The number of carbonyl (C=O) groups is 4. The summed E-state index contributed by atoms with van der Waals surface area (Å²) in [5, 5.41) is 0.474. The van der Waals surface area contributed by atoms with Gasteiger partial charge in [-0.15, -0.1) is 0 Å². The van der Waals surface area contributed by atoms with E-state index in [2.05, 4.69) is 0 Å². The Labute approximate surface area is 234 Å². The van der Waals surface area contributed by atoms with Gasteiger partial charge in [-0.3, -0.25) is 19.2 Å². The van der Waals surface area contributed by atoms with Gasteiger partial charge < -0.3 is 33.3 Å². The lowest BCUT2D eigenvalue weighted by molar-refractivity contribution is -0.237. The Kier molecular flexibility index (Phi) is 9.76. The maximum absolute atomic E-state index is 12.2. The first-order chi connectivity index (χ1) is 19.1. The van der Waals surface area contributed by atoms with Crippen LogP contribution >= 0.6 is 11.8 Å². The highest BCUT2D eigenvalue weighted by molar-refractivity contribution is 7.99. The molecule has 0 unspecified atom stereocenters. The van der Waals surface area contributed by atoms with Crippen LogP contribution < -0.4 is 4.90 Å². The number of ether oxygens (including phenoxy) is 6. The quantitative estimate of drug-likeness (QED) is 0.330. The molecule has 2 saturated heterocycles. The fourth-order valence-electron chi connectivity index (χ4n) is 4.43. The molecule has 0 radical (unpaired) electrons. The van der Waals surface area contributed by atoms with Gasteiger partial charge in [0.1, 0.15) is 17.7 Å². The van der Waals surface area contributed by atoms with Gasteiger partial charge in [-0.2, -0.15) is 0 Å². The van der Waals surface area contributed by atoms with Gasteiger partial charge in [0.15, 0.2) is 29.6 Å². The first-order valence-electron chi connectivity index (χ1n) is 12.7. The van der Waals surface area contributed by atoms with Crippen molar-refractivity contribution in [1.29, 1.82) is 0 Å². The minimum atomic E-state index is -1.27. The van der Waals surface area contributed by atoms with Crippen molar-refractivity contribution in [2.24, 2.45) is 0 Å². The van der Waals surface area contributed by atoms with Gasteiger partial charge in [0.2, 0.25) is 0 Å². The number of morpholine rings is 1. The number of benzene rings is 1. The number of hydrogen-bond acceptors (Lipinski definition) is 14. The molecule has 2 fully saturated rings. The number of esters is 4. The number of para-hydroxylation sites is 2. The summed E-state index contributed by atoms with van der Waals surface area (Å²) in [5.74, 6) is -2.07. The zero-order valence-electron chi connectivity index (χ0n) is 22.6. The molecule has 2 aliphatic heterocycles. The third kappa shape index (κ3) is 7.37. The monoisotopic (exact) mass is 577 g/mol. The Morgan fingerprint density at radius 2 is 1.43 bits per heavy atom. The minimum Gasteiger partial charge on any atom is -0.463 e. The number of aromatic nitrogens is 2. The molecule has 3 heterocycles. The van der Waals surface area contributed by atoms with Gasteiger partial charge in [0, 0.05) is 40.8 Å². The number of fused-ring (bicyclic) bond motifs is 1. The first-order valence-corrected chi connectivity index (χ1v) is 13.6. The maximum Gasteiger partial charge on any atom is 0.303 e. The number of nitrogens with zero attached hydrogens (tertiary/aromatic N) is 3. The van der Waals surface area contributed by atoms with Gasteiger partial charge >= 0.3 is 23.9 Å². The summed E-state index contributed by atoms with van der Waals surface area (Å²) in [5.41, 5.74) is 0.304. The van der Waals surface area contributed by atoms with E-state index in [1.54, 1.807) is 0 Å². The van der Waals surface area contributed by atoms with Crippen LogP contribution in [-0.2, 0) is 47.6 Å². The molecule has 0 amide bonds. The predicted octanol–water partition coefficient (Wildman–Crippen LogP) is 1.64. The molecule has 0 bridgehead atoms. The van der Waals surface area contributed by atoms with Crippen molar-refractivity contribution in [3.05, 3.63) is 24.3 Å². The van der Waals surface area contributed by atoms with E-state index in [1.807, 2.05) is 29.2 Å². The summed E-state index contributed by atoms with van der Waals surface area (Å²) in [6.07, 6.45) is -4.77. The highest BCUT2D eigenvalue weighted by Crippen LogP contribution is 2.40. The van der Waals surface area contributed by atoms with Crippen molar-refractivity contribution in [1.82, 2.24) is 9.97 Å². The number of rotatable bonds is 8. The molecule has 5 atom stereocenters. The van der Waals surface area contributed by atoms with E-state index in [4.69, 9.17) is 38.4 Å². The third-order valence-electron chi connectivity index (χ3n) is 6.01. The minimum absolute atomic E-state index is 0.311. The topological polar surface area (TPSA) is 153 Å². The molecular weight excluding hydrogens is 546 g/mol. The molecule has 2 aromatic rings. The lowest BCUT2D eigenvalue weighted by Gasteiger charge is -2.44. The lowest BCUT2D eigenvalue weighted by atomic mass is 9.99. The highest BCUT2D eigenvalue weighted by Gasteiger charge is 2.52. The van der Waals surface area contributed by atoms with Gasteiger partial charge in [-0.1, -0.05) is 23.9 Å². The second-order valence-corrected chi connectivity index (χ2v) is 10.2. The van der Waals surface area contributed by atoms with E-state index < -0.39 is 53.7 Å². The van der Waals surface area contributed by atoms with Crippen LogP contribution in [-0.4, -0.2) is 96.6 Å². The van der Waals surface area contributed by atoms with E-state index in [0.717, 1.165) is 11.8 Å². The summed E-state index contributed by atoms with van der Waals surface area (Å²) in [4.78, 5) is 59.7. The molecule has 0 spiro atoms. The lowest BCUT2D eigenvalue weighted by Crippen LogP contribution is -2.61. The van der Waals surface area contributed by atoms with Crippen molar-refractivity contribution in [3.63, 3.8) is 0 Å². The Morgan fingerprint density at radius 3 is 2.02 bits per heavy atom. The van der Waals surface area contributed by atoms with Crippen LogP contribution in [0.3, 0.4) is 0 Å². The molecule has 2 aliphatic rings. The molecule has 40 heavy (non-hydrogen) atoms. The number of hydrogen-bond donors (Lipinski definition) is 0. The first kappa shape index (κ1) is 29.5. The van der Waals surface area contributed by atoms with Crippen molar-refractivity contribution in [2.75, 3.05) is 37.8 Å². The van der Waals surface area contributed by atoms with Crippen LogP contribution in [0, 0.1) is 0 Å². The van der Waals surface area contributed by atoms with E-state index in [9.17, 15) is 19.2 Å². The normalized spacial score (nSPS) is 24.7. The molecule has 1 aromatic carbocycles. The summed E-state index contributed by atoms with van der Waals surface area (Å²) < 4.78 is 33.6. The molecular formula is C26H31N3O10S.